The molecule has 0 unspecified atom stereocenters. The first kappa shape index (κ1) is 17.1. The summed E-state index contributed by atoms with van der Waals surface area (Å²) >= 11 is 0. The summed E-state index contributed by atoms with van der Waals surface area (Å²) in [7, 11) is -3.11. The van der Waals surface area contributed by atoms with Crippen molar-refractivity contribution in [1.29, 1.82) is 0 Å². The molecule has 0 amide bonds. The van der Waals surface area contributed by atoms with E-state index in [9.17, 15) is 13.5 Å². The zero-order chi connectivity index (χ0) is 18.7. The maximum atomic E-state index is 11.1. The molecule has 8 heteroatoms. The number of aromatic hydroxyl groups is 1. The summed E-state index contributed by atoms with van der Waals surface area (Å²) < 4.78 is 41.4. The highest BCUT2D eigenvalue weighted by Gasteiger charge is 2.51. The highest BCUT2D eigenvalue weighted by Crippen LogP contribution is 2.54. The van der Waals surface area contributed by atoms with Crippen molar-refractivity contribution in [1.82, 2.24) is 4.90 Å². The number of hydrogen-bond donors (Lipinski definition) is 2. The van der Waals surface area contributed by atoms with Gasteiger partial charge in [-0.05, 0) is 41.3 Å². The van der Waals surface area contributed by atoms with E-state index in [2.05, 4.69) is 15.7 Å². The Hall–Kier alpha value is -2.29. The van der Waals surface area contributed by atoms with E-state index >= 15 is 0 Å². The number of nitrogens with zero attached hydrogens (tertiary/aromatic N) is 1. The second-order valence-corrected chi connectivity index (χ2v) is 7.70. The van der Waals surface area contributed by atoms with Crippen LogP contribution in [0.25, 0.3) is 0 Å². The second-order valence-electron chi connectivity index (χ2n) is 6.68. The summed E-state index contributed by atoms with van der Waals surface area (Å²) in [6.07, 6.45) is 7.15. The van der Waals surface area contributed by atoms with Crippen LogP contribution >= 0.6 is 0 Å². The van der Waals surface area contributed by atoms with E-state index in [0.29, 0.717) is 19.4 Å². The Morgan fingerprint density at radius 3 is 2.85 bits per heavy atom. The Morgan fingerprint density at radius 2 is 2.15 bits per heavy atom. The molecule has 2 N–H and O–H groups in total. The zero-order valence-corrected chi connectivity index (χ0v) is 15.0. The van der Waals surface area contributed by atoms with Gasteiger partial charge in [0.05, 0.1) is 11.6 Å². The third-order valence-electron chi connectivity index (χ3n) is 5.33. The summed E-state index contributed by atoms with van der Waals surface area (Å²) in [6, 6.07) is 2.99. The number of hydrogen-bond acceptors (Lipinski definition) is 6. The molecule has 2 heterocycles. The van der Waals surface area contributed by atoms with Crippen LogP contribution in [0.5, 0.6) is 11.5 Å². The van der Waals surface area contributed by atoms with Crippen molar-refractivity contribution >= 4 is 10.4 Å². The van der Waals surface area contributed by atoms with Crippen molar-refractivity contribution in [3.63, 3.8) is 0 Å². The van der Waals surface area contributed by atoms with Crippen molar-refractivity contribution in [2.45, 2.75) is 24.5 Å². The van der Waals surface area contributed by atoms with Gasteiger partial charge in [0.2, 0.25) is 0 Å². The van der Waals surface area contributed by atoms with Crippen LogP contribution in [0.1, 0.15) is 17.5 Å². The van der Waals surface area contributed by atoms with Gasteiger partial charge in [0.25, 0.3) is 0 Å². The largest absolute Gasteiger partial charge is 0.504 e. The normalized spacial score (nSPS) is 26.8. The summed E-state index contributed by atoms with van der Waals surface area (Å²) in [4.78, 5) is 2.18. The fourth-order valence-electron chi connectivity index (χ4n) is 4.29. The van der Waals surface area contributed by atoms with E-state index in [-0.39, 0.29) is 17.6 Å². The molecule has 0 saturated carbocycles. The lowest BCUT2D eigenvalue weighted by Crippen LogP contribution is -2.50. The number of ether oxygens (including phenoxy) is 1. The van der Waals surface area contributed by atoms with Crippen LogP contribution in [0.15, 0.2) is 48.2 Å². The van der Waals surface area contributed by atoms with Crippen LogP contribution in [0.2, 0.25) is 0 Å². The summed E-state index contributed by atoms with van der Waals surface area (Å²) in [6.45, 7) is 4.86. The molecule has 0 radical (unpaired) electrons. The Morgan fingerprint density at radius 1 is 1.38 bits per heavy atom. The van der Waals surface area contributed by atoms with Gasteiger partial charge in [-0.15, -0.1) is 0 Å². The number of benzene rings is 1. The minimum atomic E-state index is -4.75. The molecule has 1 spiro atoms. The molecule has 0 bridgehead atoms. The lowest BCUT2D eigenvalue weighted by molar-refractivity contribution is 0.0628. The van der Waals surface area contributed by atoms with Crippen molar-refractivity contribution < 1.29 is 27.0 Å². The third-order valence-corrected chi connectivity index (χ3v) is 5.72. The highest BCUT2D eigenvalue weighted by atomic mass is 32.3. The average molecular weight is 377 g/mol. The molecule has 3 aliphatic rings. The van der Waals surface area contributed by atoms with Crippen molar-refractivity contribution in [3.05, 3.63) is 59.3 Å². The maximum absolute atomic E-state index is 11.1. The number of methoxy groups -OCH3 is 1. The van der Waals surface area contributed by atoms with Gasteiger partial charge in [-0.2, -0.15) is 8.42 Å². The van der Waals surface area contributed by atoms with Crippen LogP contribution in [-0.2, 0) is 27.1 Å². The first-order valence-electron chi connectivity index (χ1n) is 8.17. The molecule has 26 heavy (non-hydrogen) atoms. The summed E-state index contributed by atoms with van der Waals surface area (Å²) in [5.41, 5.74) is 3.05. The van der Waals surface area contributed by atoms with E-state index in [1.165, 1.54) is 12.1 Å². The number of phenolic OH excluding ortho intramolecular Hbond substituents is 1. The van der Waals surface area contributed by atoms with Crippen LogP contribution < -0.4 is 4.18 Å². The standard InChI is InChI=1S/C18H19NO6S/c1-11-7-13-3-4-14(24-2)10-18(13)15-9-17(25-26(21,22)23)16(20)8-12(15)5-6-19(11)18/h3-4,7-9,14,20H,1,5-6,10H2,2H3,(H,21,22,23)/t14-,18-/m0/s1. The van der Waals surface area contributed by atoms with Gasteiger partial charge in [0.15, 0.2) is 11.5 Å². The van der Waals surface area contributed by atoms with E-state index < -0.39 is 15.9 Å². The molecule has 7 nitrogen and oxygen atoms in total. The van der Waals surface area contributed by atoms with Crippen LogP contribution in [0.4, 0.5) is 0 Å². The molecule has 2 atom stereocenters. The average Bonchev–Trinajstić information content (AvgIpc) is 2.86. The van der Waals surface area contributed by atoms with Gasteiger partial charge >= 0.3 is 10.4 Å². The molecule has 4 rings (SSSR count). The SMILES string of the molecule is C=C1C=C2C=C[C@H](OC)C[C@@]23c2cc(OS(=O)(=O)O)c(O)cc2CCN13. The molecule has 1 aromatic carbocycles. The van der Waals surface area contributed by atoms with Gasteiger partial charge in [-0.3, -0.25) is 4.55 Å². The van der Waals surface area contributed by atoms with Crippen LogP contribution in [0.3, 0.4) is 0 Å². The topological polar surface area (TPSA) is 96.3 Å². The quantitative estimate of drug-likeness (QED) is 0.778. The Bertz CT molecular complexity index is 964. The third kappa shape index (κ3) is 2.45. The molecule has 2 aliphatic heterocycles. The molecule has 138 valence electrons. The minimum absolute atomic E-state index is 0.119. The second kappa shape index (κ2) is 5.60. The number of rotatable bonds is 3. The molecule has 0 fully saturated rings. The number of allylic oxidation sites excluding steroid dienone is 1. The monoisotopic (exact) mass is 377 g/mol. The van der Waals surface area contributed by atoms with Gasteiger partial charge in [-0.1, -0.05) is 18.7 Å². The van der Waals surface area contributed by atoms with Crippen LogP contribution in [-0.4, -0.2) is 42.7 Å². The summed E-state index contributed by atoms with van der Waals surface area (Å²) in [5.74, 6) is -0.633. The molecule has 1 aromatic rings. The molecular formula is C18H19NO6S. The maximum Gasteiger partial charge on any atom is 0.446 e. The van der Waals surface area contributed by atoms with Crippen molar-refractivity contribution in [2.75, 3.05) is 13.7 Å². The summed E-state index contributed by atoms with van der Waals surface area (Å²) in [5, 5.41) is 10.1. The van der Waals surface area contributed by atoms with Gasteiger partial charge in [-0.25, -0.2) is 0 Å². The van der Waals surface area contributed by atoms with Crippen molar-refractivity contribution in [2.24, 2.45) is 0 Å². The lowest BCUT2D eigenvalue weighted by atomic mass is 9.71. The predicted octanol–water partition coefficient (Wildman–Crippen LogP) is 2.06. The van der Waals surface area contributed by atoms with Crippen LogP contribution in [0, 0.1) is 0 Å². The molecule has 0 aromatic heterocycles. The first-order valence-corrected chi connectivity index (χ1v) is 9.54. The van der Waals surface area contributed by atoms with Gasteiger partial charge < -0.3 is 18.9 Å². The Balaban J connectivity index is 1.92. The Labute approximate surface area is 151 Å². The smallest absolute Gasteiger partial charge is 0.446 e. The van der Waals surface area contributed by atoms with E-state index in [0.717, 1.165) is 22.4 Å². The van der Waals surface area contributed by atoms with Crippen molar-refractivity contribution in [3.8, 4) is 11.5 Å². The first-order chi connectivity index (χ1) is 12.2. The lowest BCUT2D eigenvalue weighted by Gasteiger charge is -2.49. The van der Waals surface area contributed by atoms with Gasteiger partial charge in [0.1, 0.15) is 0 Å². The highest BCUT2D eigenvalue weighted by molar-refractivity contribution is 7.81. The fraction of sp³-hybridized carbons (Fsp3) is 0.333. The Kier molecular flexibility index (Phi) is 3.69. The minimum Gasteiger partial charge on any atom is -0.504 e. The number of phenols is 1. The van der Waals surface area contributed by atoms with Gasteiger partial charge in [0, 0.05) is 25.8 Å². The molecule has 1 aliphatic carbocycles. The molecule has 0 saturated heterocycles. The van der Waals surface area contributed by atoms with E-state index in [1.54, 1.807) is 7.11 Å². The number of fused-ring (bicyclic) bond motifs is 1. The van der Waals surface area contributed by atoms with E-state index in [1.807, 2.05) is 18.2 Å². The molecular weight excluding hydrogens is 358 g/mol. The predicted molar refractivity (Wildman–Crippen MR) is 94.1 cm³/mol. The fourth-order valence-corrected chi connectivity index (χ4v) is 4.65. The zero-order valence-electron chi connectivity index (χ0n) is 14.2. The van der Waals surface area contributed by atoms with E-state index in [4.69, 9.17) is 9.29 Å².